The number of pyridine rings is 1. The van der Waals surface area contributed by atoms with Gasteiger partial charge in [-0.05, 0) is 73.4 Å². The molecule has 11 nitrogen and oxygen atoms in total. The van der Waals surface area contributed by atoms with Gasteiger partial charge < -0.3 is 10.1 Å². The van der Waals surface area contributed by atoms with Crippen LogP contribution < -0.4 is 14.8 Å². The smallest absolute Gasteiger partial charge is 0.406 e. The molecule has 44 heavy (non-hydrogen) atoms. The molecule has 0 aliphatic carbocycles. The maximum absolute atomic E-state index is 13.1. The number of rotatable bonds is 8. The summed E-state index contributed by atoms with van der Waals surface area (Å²) in [7, 11) is -7.80. The number of amidine groups is 1. The lowest BCUT2D eigenvalue weighted by Gasteiger charge is -2.34. The Kier molecular flexibility index (Phi) is 8.26. The van der Waals surface area contributed by atoms with E-state index in [0.29, 0.717) is 16.8 Å². The van der Waals surface area contributed by atoms with Crippen molar-refractivity contribution in [3.8, 4) is 5.75 Å². The molecule has 16 heteroatoms. The second kappa shape index (κ2) is 11.7. The van der Waals surface area contributed by atoms with E-state index in [0.717, 1.165) is 17.5 Å². The number of sulfonamides is 2. The van der Waals surface area contributed by atoms with Crippen molar-refractivity contribution in [2.24, 2.45) is 4.99 Å². The molecule has 1 amide bonds. The molecular weight excluding hydrogens is 623 g/mol. The molecule has 2 aromatic carbocycles. The molecule has 232 valence electrons. The molecule has 1 aromatic heterocycles. The monoisotopic (exact) mass is 649 g/mol. The Labute approximate surface area is 251 Å². The van der Waals surface area contributed by atoms with Crippen molar-refractivity contribution < 1.29 is 39.5 Å². The number of aryl methyl sites for hydroxylation is 1. The number of hydrogen-bond acceptors (Lipinski definition) is 8. The molecule has 1 fully saturated rings. The van der Waals surface area contributed by atoms with Gasteiger partial charge in [-0.1, -0.05) is 18.2 Å². The number of ether oxygens (including phenoxy) is 1. The van der Waals surface area contributed by atoms with Crippen molar-refractivity contribution in [3.05, 3.63) is 89.1 Å². The summed E-state index contributed by atoms with van der Waals surface area (Å²) >= 11 is 0. The van der Waals surface area contributed by atoms with Gasteiger partial charge in [0.25, 0.3) is 15.9 Å². The Morgan fingerprint density at radius 1 is 1.02 bits per heavy atom. The van der Waals surface area contributed by atoms with Crippen LogP contribution in [0.25, 0.3) is 6.08 Å². The number of hydrogen-bond donors (Lipinski definition) is 2. The van der Waals surface area contributed by atoms with E-state index < -0.39 is 43.6 Å². The number of amides is 1. The van der Waals surface area contributed by atoms with Gasteiger partial charge in [0, 0.05) is 36.5 Å². The van der Waals surface area contributed by atoms with E-state index in [4.69, 9.17) is 0 Å². The highest BCUT2D eigenvalue weighted by Crippen LogP contribution is 2.33. The minimum atomic E-state index is -4.88. The number of alkyl halides is 3. The molecule has 1 spiro atoms. The standard InChI is InChI=1S/C28H26F3N5O6S2/c1-19-17-24(44(40,41)35-22-7-12-32-13-8-22)6-5-20(19)9-16-43(38,39)36-14-10-27(11-15-36)26(37)33-25(34-27)21-3-2-4-23(18-21)42-28(29,30)31/h2-9,12-13,16-18H,10-11,14-15H2,1H3,(H,32,35)(H,33,34,37). The summed E-state index contributed by atoms with van der Waals surface area (Å²) in [6.07, 6.45) is -0.487. The van der Waals surface area contributed by atoms with Crippen LogP contribution in [-0.2, 0) is 24.8 Å². The zero-order valence-corrected chi connectivity index (χ0v) is 24.7. The fourth-order valence-corrected chi connectivity index (χ4v) is 7.15. The molecule has 3 aromatic rings. The molecular formula is C28H26F3N5O6S2. The van der Waals surface area contributed by atoms with E-state index in [1.807, 2.05) is 0 Å². The van der Waals surface area contributed by atoms with E-state index in [2.05, 4.69) is 24.8 Å². The van der Waals surface area contributed by atoms with Gasteiger partial charge in [0.2, 0.25) is 10.0 Å². The Hall–Kier alpha value is -4.28. The first-order valence-electron chi connectivity index (χ1n) is 13.2. The zero-order valence-electron chi connectivity index (χ0n) is 23.1. The number of benzene rings is 2. The van der Waals surface area contributed by atoms with Gasteiger partial charge in [-0.25, -0.2) is 16.8 Å². The maximum atomic E-state index is 13.1. The fourth-order valence-electron chi connectivity index (χ4n) is 4.83. The van der Waals surface area contributed by atoms with Gasteiger partial charge in [0.15, 0.2) is 0 Å². The number of nitrogens with one attached hydrogen (secondary N) is 2. The third kappa shape index (κ3) is 6.92. The number of nitrogens with zero attached hydrogens (tertiary/aromatic N) is 3. The van der Waals surface area contributed by atoms with E-state index in [1.54, 1.807) is 6.92 Å². The second-order valence-electron chi connectivity index (χ2n) is 10.1. The minimum Gasteiger partial charge on any atom is -0.406 e. The van der Waals surface area contributed by atoms with Crippen LogP contribution in [-0.4, -0.2) is 62.9 Å². The van der Waals surface area contributed by atoms with Crippen molar-refractivity contribution in [2.45, 2.75) is 36.6 Å². The number of piperidine rings is 1. The van der Waals surface area contributed by atoms with Crippen molar-refractivity contribution in [3.63, 3.8) is 0 Å². The summed E-state index contributed by atoms with van der Waals surface area (Å²) in [4.78, 5) is 21.2. The summed E-state index contributed by atoms with van der Waals surface area (Å²) in [6, 6.07) is 12.4. The van der Waals surface area contributed by atoms with Gasteiger partial charge in [0.1, 0.15) is 17.1 Å². The van der Waals surface area contributed by atoms with Crippen LogP contribution >= 0.6 is 0 Å². The highest BCUT2D eigenvalue weighted by atomic mass is 32.2. The quantitative estimate of drug-likeness (QED) is 0.377. The molecule has 5 rings (SSSR count). The predicted octanol–water partition coefficient (Wildman–Crippen LogP) is 3.80. The maximum Gasteiger partial charge on any atom is 0.573 e. The normalized spacial score (nSPS) is 17.5. The summed E-state index contributed by atoms with van der Waals surface area (Å²) in [6.45, 7) is 1.61. The Bertz CT molecular complexity index is 1860. The summed E-state index contributed by atoms with van der Waals surface area (Å²) in [5, 5.41) is 3.62. The Morgan fingerprint density at radius 3 is 2.39 bits per heavy atom. The van der Waals surface area contributed by atoms with E-state index in [-0.39, 0.29) is 42.2 Å². The van der Waals surface area contributed by atoms with Gasteiger partial charge in [-0.3, -0.25) is 19.5 Å². The van der Waals surface area contributed by atoms with Crippen LogP contribution in [0.3, 0.4) is 0 Å². The lowest BCUT2D eigenvalue weighted by molar-refractivity contribution is -0.274. The third-order valence-electron chi connectivity index (χ3n) is 7.13. The number of carbonyl (C=O) groups is 1. The lowest BCUT2D eigenvalue weighted by Crippen LogP contribution is -2.50. The van der Waals surface area contributed by atoms with Gasteiger partial charge in [-0.2, -0.15) is 4.31 Å². The van der Waals surface area contributed by atoms with Crippen molar-refractivity contribution in [1.29, 1.82) is 0 Å². The average molecular weight is 650 g/mol. The molecule has 2 N–H and O–H groups in total. The number of anilines is 1. The first-order valence-corrected chi connectivity index (χ1v) is 16.1. The average Bonchev–Trinajstić information content (AvgIpc) is 3.27. The zero-order chi connectivity index (χ0) is 31.8. The van der Waals surface area contributed by atoms with E-state index in [9.17, 15) is 34.8 Å². The highest BCUT2D eigenvalue weighted by Gasteiger charge is 2.47. The van der Waals surface area contributed by atoms with Gasteiger partial charge in [-0.15, -0.1) is 13.2 Å². The first-order chi connectivity index (χ1) is 20.7. The lowest BCUT2D eigenvalue weighted by atomic mass is 9.89. The molecule has 0 radical (unpaired) electrons. The number of aliphatic imine (C=N–C) groups is 1. The molecule has 0 saturated carbocycles. The summed E-state index contributed by atoms with van der Waals surface area (Å²) < 4.78 is 97.2. The molecule has 0 atom stereocenters. The molecule has 2 aliphatic heterocycles. The first kappa shape index (κ1) is 31.2. The molecule has 2 aliphatic rings. The highest BCUT2D eigenvalue weighted by molar-refractivity contribution is 7.92. The van der Waals surface area contributed by atoms with Gasteiger partial charge >= 0.3 is 6.36 Å². The summed E-state index contributed by atoms with van der Waals surface area (Å²) in [5.41, 5.74) is 0.329. The van der Waals surface area contributed by atoms with Gasteiger partial charge in [0.05, 0.1) is 10.6 Å². The largest absolute Gasteiger partial charge is 0.573 e. The number of carbonyl (C=O) groups excluding carboxylic acids is 1. The van der Waals surface area contributed by atoms with Crippen LogP contribution in [0.4, 0.5) is 18.9 Å². The van der Waals surface area contributed by atoms with E-state index >= 15 is 0 Å². The number of aromatic nitrogens is 1. The van der Waals surface area contributed by atoms with Crippen LogP contribution in [0.15, 0.2) is 82.3 Å². The summed E-state index contributed by atoms with van der Waals surface area (Å²) in [5.74, 6) is -0.851. The van der Waals surface area contributed by atoms with Crippen LogP contribution in [0.5, 0.6) is 5.75 Å². The van der Waals surface area contributed by atoms with Crippen LogP contribution in [0.1, 0.15) is 29.5 Å². The fraction of sp³-hybridized carbons (Fsp3) is 0.250. The van der Waals surface area contributed by atoms with Crippen molar-refractivity contribution in [1.82, 2.24) is 14.6 Å². The second-order valence-corrected chi connectivity index (χ2v) is 13.6. The molecule has 3 heterocycles. The molecule has 1 saturated heterocycles. The topological polar surface area (TPSA) is 147 Å². The van der Waals surface area contributed by atoms with Crippen molar-refractivity contribution >= 4 is 43.6 Å². The Morgan fingerprint density at radius 2 is 1.73 bits per heavy atom. The Balaban J connectivity index is 1.25. The van der Waals surface area contributed by atoms with Crippen molar-refractivity contribution in [2.75, 3.05) is 17.8 Å². The van der Waals surface area contributed by atoms with Crippen LogP contribution in [0.2, 0.25) is 0 Å². The number of halogens is 3. The predicted molar refractivity (Wildman–Crippen MR) is 156 cm³/mol. The SMILES string of the molecule is Cc1cc(S(=O)(=O)Nc2ccncc2)ccc1C=CS(=O)(=O)N1CCC2(CC1)N=C(c1cccc(OC(F)(F)F)c1)NC2=O. The molecule has 0 unspecified atom stereocenters. The van der Waals surface area contributed by atoms with E-state index in [1.165, 1.54) is 65.2 Å². The molecule has 0 bridgehead atoms. The third-order valence-corrected chi connectivity index (χ3v) is 10.1. The van der Waals surface area contributed by atoms with Crippen LogP contribution in [0, 0.1) is 6.92 Å². The minimum absolute atomic E-state index is 0.00233.